The molecule has 29 heavy (non-hydrogen) atoms. The van der Waals surface area contributed by atoms with Gasteiger partial charge in [0, 0.05) is 0 Å². The first kappa shape index (κ1) is 22.0. The van der Waals surface area contributed by atoms with Crippen molar-refractivity contribution in [2.45, 2.75) is 38.9 Å². The van der Waals surface area contributed by atoms with Gasteiger partial charge in [-0.05, 0) is 54.5 Å². The zero-order valence-electron chi connectivity index (χ0n) is 18.4. The first-order chi connectivity index (χ1) is 13.8. The summed E-state index contributed by atoms with van der Waals surface area (Å²) >= 11 is 0. The lowest BCUT2D eigenvalue weighted by Crippen LogP contribution is -2.43. The van der Waals surface area contributed by atoms with E-state index in [0.29, 0.717) is 0 Å². The first-order valence-electron chi connectivity index (χ1n) is 10.5. The maximum Gasteiger partial charge on any atom is 0.192 e. The number of hydrogen-bond acceptors (Lipinski definition) is 1. The second-order valence-electron chi connectivity index (χ2n) is 9.15. The van der Waals surface area contributed by atoms with Crippen molar-refractivity contribution in [2.75, 3.05) is 12.8 Å². The van der Waals surface area contributed by atoms with Gasteiger partial charge in [0.25, 0.3) is 0 Å². The number of benzene rings is 3. The summed E-state index contributed by atoms with van der Waals surface area (Å²) in [7, 11) is -3.58. The molecule has 0 aliphatic rings. The summed E-state index contributed by atoms with van der Waals surface area (Å²) in [5.74, 6) is 0. The Hall–Kier alpha value is -1.73. The maximum atomic E-state index is 6.68. The minimum Gasteiger partial charge on any atom is -0.413 e. The van der Waals surface area contributed by atoms with Crippen molar-refractivity contribution >= 4 is 31.5 Å². The highest BCUT2D eigenvalue weighted by molar-refractivity contribution is 7.95. The minimum atomic E-state index is -1.79. The first-order valence-corrected chi connectivity index (χ1v) is 15.3. The Morgan fingerprint density at radius 3 is 1.31 bits per heavy atom. The molecule has 0 aliphatic carbocycles. The topological polar surface area (TPSA) is 9.23 Å². The number of hydrogen-bond donors (Lipinski definition) is 0. The van der Waals surface area contributed by atoms with Crippen molar-refractivity contribution < 1.29 is 4.43 Å². The molecule has 0 fully saturated rings. The monoisotopic (exact) mass is 421 g/mol. The van der Waals surface area contributed by atoms with E-state index in [1.807, 2.05) is 0 Å². The van der Waals surface area contributed by atoms with Crippen LogP contribution < -0.4 is 15.9 Å². The molecule has 3 rings (SSSR count). The normalized spacial score (nSPS) is 12.7. The second kappa shape index (κ2) is 8.96. The van der Waals surface area contributed by atoms with Crippen LogP contribution >= 0.6 is 7.26 Å². The van der Waals surface area contributed by atoms with E-state index in [4.69, 9.17) is 4.43 Å². The summed E-state index contributed by atoms with van der Waals surface area (Å²) in [4.78, 5) is 0. The molecule has 0 spiro atoms. The van der Waals surface area contributed by atoms with Crippen LogP contribution in [0.2, 0.25) is 18.1 Å². The lowest BCUT2D eigenvalue weighted by atomic mass is 10.2. The Morgan fingerprint density at radius 2 is 1.00 bits per heavy atom. The lowest BCUT2D eigenvalue weighted by molar-refractivity contribution is 0.310. The zero-order valence-corrected chi connectivity index (χ0v) is 20.3. The van der Waals surface area contributed by atoms with Crippen molar-refractivity contribution in [3.05, 3.63) is 91.0 Å². The van der Waals surface area contributed by atoms with E-state index in [0.717, 1.165) is 12.8 Å². The SMILES string of the molecule is CC(C)(C)[Si](C)(C)OCC[P+](c1ccccc1)(c1ccccc1)c1ccccc1. The Balaban J connectivity index is 2.08. The molecular formula is C26H34OPSi+. The van der Waals surface area contributed by atoms with E-state index in [9.17, 15) is 0 Å². The van der Waals surface area contributed by atoms with Crippen molar-refractivity contribution in [3.63, 3.8) is 0 Å². The molecular weight excluding hydrogens is 387 g/mol. The van der Waals surface area contributed by atoms with Crippen LogP contribution in [0.4, 0.5) is 0 Å². The minimum absolute atomic E-state index is 0.223. The molecule has 0 heterocycles. The van der Waals surface area contributed by atoms with Gasteiger partial charge < -0.3 is 4.43 Å². The molecule has 0 aromatic heterocycles. The van der Waals surface area contributed by atoms with Gasteiger partial charge in [0.2, 0.25) is 0 Å². The Bertz CT molecular complexity index is 790. The fraction of sp³-hybridized carbons (Fsp3) is 0.308. The van der Waals surface area contributed by atoms with Crippen LogP contribution in [0.25, 0.3) is 0 Å². The molecule has 0 saturated heterocycles. The van der Waals surface area contributed by atoms with E-state index < -0.39 is 15.6 Å². The van der Waals surface area contributed by atoms with Gasteiger partial charge in [-0.3, -0.25) is 0 Å². The van der Waals surface area contributed by atoms with E-state index >= 15 is 0 Å². The predicted octanol–water partition coefficient (Wildman–Crippen LogP) is 6.00. The van der Waals surface area contributed by atoms with Gasteiger partial charge in [0.15, 0.2) is 8.32 Å². The van der Waals surface area contributed by atoms with Crippen molar-refractivity contribution in [1.29, 1.82) is 0 Å². The van der Waals surface area contributed by atoms with Gasteiger partial charge in [-0.15, -0.1) is 0 Å². The van der Waals surface area contributed by atoms with Gasteiger partial charge >= 0.3 is 0 Å². The highest BCUT2D eigenvalue weighted by Crippen LogP contribution is 2.55. The predicted molar refractivity (Wildman–Crippen MR) is 133 cm³/mol. The molecule has 3 heteroatoms. The van der Waals surface area contributed by atoms with Crippen molar-refractivity contribution in [3.8, 4) is 0 Å². The van der Waals surface area contributed by atoms with Crippen LogP contribution in [0.5, 0.6) is 0 Å². The van der Waals surface area contributed by atoms with Gasteiger partial charge in [0.05, 0.1) is 12.8 Å². The number of rotatable bonds is 7. The van der Waals surface area contributed by atoms with Crippen LogP contribution in [0, 0.1) is 0 Å². The average molecular weight is 422 g/mol. The molecule has 0 N–H and O–H groups in total. The summed E-state index contributed by atoms with van der Waals surface area (Å²) in [6.07, 6.45) is 1.03. The summed E-state index contributed by atoms with van der Waals surface area (Å²) in [5.41, 5.74) is 0. The van der Waals surface area contributed by atoms with Crippen molar-refractivity contribution in [1.82, 2.24) is 0 Å². The molecule has 0 aliphatic heterocycles. The summed E-state index contributed by atoms with van der Waals surface area (Å²) in [6, 6.07) is 33.2. The fourth-order valence-corrected chi connectivity index (χ4v) is 8.83. The van der Waals surface area contributed by atoms with E-state index in [-0.39, 0.29) is 5.04 Å². The Kier molecular flexibility index (Phi) is 6.78. The van der Waals surface area contributed by atoms with Gasteiger partial charge in [-0.1, -0.05) is 75.4 Å². The van der Waals surface area contributed by atoms with E-state index in [2.05, 4.69) is 125 Å². The van der Waals surface area contributed by atoms with Crippen LogP contribution in [0.3, 0.4) is 0 Å². The highest BCUT2D eigenvalue weighted by Gasteiger charge is 2.46. The van der Waals surface area contributed by atoms with Gasteiger partial charge in [0.1, 0.15) is 23.2 Å². The smallest absolute Gasteiger partial charge is 0.192 e. The average Bonchev–Trinajstić information content (AvgIpc) is 2.72. The fourth-order valence-electron chi connectivity index (χ4n) is 3.54. The van der Waals surface area contributed by atoms with Crippen LogP contribution in [0.1, 0.15) is 20.8 Å². The highest BCUT2D eigenvalue weighted by atomic mass is 31.2. The van der Waals surface area contributed by atoms with Crippen LogP contribution in [-0.2, 0) is 4.43 Å². The van der Waals surface area contributed by atoms with Crippen LogP contribution in [-0.4, -0.2) is 21.1 Å². The van der Waals surface area contributed by atoms with E-state index in [1.165, 1.54) is 15.9 Å². The summed E-state index contributed by atoms with van der Waals surface area (Å²) < 4.78 is 6.68. The van der Waals surface area contributed by atoms with E-state index in [1.54, 1.807) is 0 Å². The Morgan fingerprint density at radius 1 is 0.655 bits per heavy atom. The third-order valence-electron chi connectivity index (χ3n) is 6.29. The Labute approximate surface area is 178 Å². The molecule has 0 unspecified atom stereocenters. The van der Waals surface area contributed by atoms with Gasteiger partial charge in [-0.25, -0.2) is 0 Å². The largest absolute Gasteiger partial charge is 0.413 e. The quantitative estimate of drug-likeness (QED) is 0.336. The standard InChI is InChI=1S/C26H34OPSi/c1-26(2,3)29(4,5)27-21-22-28(23-15-9-6-10-16-23,24-17-11-7-12-18-24)25-19-13-8-14-20-25/h6-20H,21-22H2,1-5H3/q+1. The molecule has 0 atom stereocenters. The molecule has 1 nitrogen and oxygen atoms in total. The maximum absolute atomic E-state index is 6.68. The second-order valence-corrected chi connectivity index (χ2v) is 17.6. The molecule has 3 aromatic rings. The van der Waals surface area contributed by atoms with Crippen molar-refractivity contribution in [2.24, 2.45) is 0 Å². The molecule has 0 radical (unpaired) electrons. The van der Waals surface area contributed by atoms with Crippen LogP contribution in [0.15, 0.2) is 91.0 Å². The van der Waals surface area contributed by atoms with Gasteiger partial charge in [-0.2, -0.15) is 0 Å². The molecule has 0 bridgehead atoms. The summed E-state index contributed by atoms with van der Waals surface area (Å²) in [5, 5.41) is 4.50. The molecule has 152 valence electrons. The third-order valence-corrected chi connectivity index (χ3v) is 15.2. The molecule has 0 amide bonds. The lowest BCUT2D eigenvalue weighted by Gasteiger charge is -2.37. The third kappa shape index (κ3) is 4.72. The molecule has 3 aromatic carbocycles. The zero-order chi connectivity index (χ0) is 21.0. The summed E-state index contributed by atoms with van der Waals surface area (Å²) in [6.45, 7) is 12.4. The molecule has 0 saturated carbocycles.